The second-order valence-corrected chi connectivity index (χ2v) is 7.18. The molecule has 132 valence electrons. The first-order valence-electron chi connectivity index (χ1n) is 8.41. The van der Waals surface area contributed by atoms with Crippen LogP contribution in [0.3, 0.4) is 0 Å². The van der Waals surface area contributed by atoms with Crippen molar-refractivity contribution in [1.29, 1.82) is 0 Å². The maximum atomic E-state index is 12.3. The van der Waals surface area contributed by atoms with Crippen LogP contribution in [0.15, 0.2) is 35.7 Å². The van der Waals surface area contributed by atoms with Gasteiger partial charge in [-0.3, -0.25) is 4.79 Å². The fraction of sp³-hybridized carbons (Fsp3) is 0.389. The molecule has 0 saturated carbocycles. The van der Waals surface area contributed by atoms with Gasteiger partial charge in [-0.1, -0.05) is 30.3 Å². The standard InChI is InChI=1S/C18H22N4O2S/c19-18(24)22-8-4-7-14(11-22)17(23)20-10-15-12-25-16(21-15)9-13-5-2-1-3-6-13/h1-3,5-6,12,14H,4,7-11H2,(H2,19,24)(H,20,23). The van der Waals surface area contributed by atoms with Crippen molar-refractivity contribution in [3.05, 3.63) is 52.0 Å². The zero-order chi connectivity index (χ0) is 17.6. The van der Waals surface area contributed by atoms with Crippen molar-refractivity contribution >= 4 is 23.3 Å². The first-order chi connectivity index (χ1) is 12.1. The Balaban J connectivity index is 1.50. The number of piperidine rings is 1. The predicted octanol–water partition coefficient (Wildman–Crippen LogP) is 2.14. The van der Waals surface area contributed by atoms with Crippen LogP contribution in [0.5, 0.6) is 0 Å². The quantitative estimate of drug-likeness (QED) is 0.858. The third kappa shape index (κ3) is 4.79. The predicted molar refractivity (Wildman–Crippen MR) is 97.1 cm³/mol. The van der Waals surface area contributed by atoms with E-state index in [9.17, 15) is 9.59 Å². The third-order valence-electron chi connectivity index (χ3n) is 4.35. The molecule has 1 atom stereocenters. The van der Waals surface area contributed by atoms with Crippen molar-refractivity contribution in [1.82, 2.24) is 15.2 Å². The molecule has 3 N–H and O–H groups in total. The molecule has 1 aromatic carbocycles. The van der Waals surface area contributed by atoms with Crippen LogP contribution in [-0.2, 0) is 17.8 Å². The Bertz CT molecular complexity index is 732. The summed E-state index contributed by atoms with van der Waals surface area (Å²) >= 11 is 1.60. The number of nitrogens with one attached hydrogen (secondary N) is 1. The number of benzene rings is 1. The molecule has 1 unspecified atom stereocenters. The zero-order valence-corrected chi connectivity index (χ0v) is 14.8. The van der Waals surface area contributed by atoms with Gasteiger partial charge < -0.3 is 16.0 Å². The fourth-order valence-electron chi connectivity index (χ4n) is 3.00. The Morgan fingerprint density at radius 2 is 2.12 bits per heavy atom. The van der Waals surface area contributed by atoms with Crippen molar-refractivity contribution in [3.63, 3.8) is 0 Å². The molecule has 3 amide bonds. The van der Waals surface area contributed by atoms with Crippen LogP contribution in [0.1, 0.15) is 29.1 Å². The lowest BCUT2D eigenvalue weighted by Crippen LogP contribution is -2.47. The lowest BCUT2D eigenvalue weighted by atomic mass is 9.97. The summed E-state index contributed by atoms with van der Waals surface area (Å²) in [7, 11) is 0. The lowest BCUT2D eigenvalue weighted by Gasteiger charge is -2.30. The first kappa shape index (κ1) is 17.4. The highest BCUT2D eigenvalue weighted by Gasteiger charge is 2.27. The monoisotopic (exact) mass is 358 g/mol. The number of hydrogen-bond donors (Lipinski definition) is 2. The number of aromatic nitrogens is 1. The topological polar surface area (TPSA) is 88.3 Å². The smallest absolute Gasteiger partial charge is 0.314 e. The van der Waals surface area contributed by atoms with Gasteiger partial charge in [-0.25, -0.2) is 9.78 Å². The molecular formula is C18H22N4O2S. The Labute approximate surface area is 151 Å². The van der Waals surface area contributed by atoms with Crippen LogP contribution in [0, 0.1) is 5.92 Å². The summed E-state index contributed by atoms with van der Waals surface area (Å²) in [5.41, 5.74) is 7.40. The molecule has 0 bridgehead atoms. The van der Waals surface area contributed by atoms with Gasteiger partial charge in [0.2, 0.25) is 5.91 Å². The van der Waals surface area contributed by atoms with Crippen LogP contribution >= 0.6 is 11.3 Å². The number of rotatable bonds is 5. The molecule has 0 spiro atoms. The largest absolute Gasteiger partial charge is 0.351 e. The molecule has 7 heteroatoms. The summed E-state index contributed by atoms with van der Waals surface area (Å²) in [6, 6.07) is 9.74. The molecule has 1 aliphatic rings. The van der Waals surface area contributed by atoms with Gasteiger partial charge in [-0.05, 0) is 18.4 Å². The van der Waals surface area contributed by atoms with E-state index >= 15 is 0 Å². The molecule has 1 fully saturated rings. The van der Waals surface area contributed by atoms with E-state index in [1.54, 1.807) is 11.3 Å². The number of primary amides is 1. The Hall–Kier alpha value is -2.41. The van der Waals surface area contributed by atoms with Crippen molar-refractivity contribution < 1.29 is 9.59 Å². The van der Waals surface area contributed by atoms with Gasteiger partial charge in [0.25, 0.3) is 0 Å². The summed E-state index contributed by atoms with van der Waals surface area (Å²) in [6.45, 7) is 1.45. The van der Waals surface area contributed by atoms with Gasteiger partial charge >= 0.3 is 6.03 Å². The van der Waals surface area contributed by atoms with E-state index in [4.69, 9.17) is 5.73 Å². The van der Waals surface area contributed by atoms with Gasteiger partial charge in [0.15, 0.2) is 0 Å². The van der Waals surface area contributed by atoms with Crippen LogP contribution < -0.4 is 11.1 Å². The number of hydrogen-bond acceptors (Lipinski definition) is 4. The Morgan fingerprint density at radius 3 is 2.88 bits per heavy atom. The first-order valence-corrected chi connectivity index (χ1v) is 9.29. The van der Waals surface area contributed by atoms with Crippen LogP contribution in [0.25, 0.3) is 0 Å². The maximum absolute atomic E-state index is 12.3. The minimum absolute atomic E-state index is 0.0384. The SMILES string of the molecule is NC(=O)N1CCCC(C(=O)NCc2csc(Cc3ccccc3)n2)C1. The molecule has 3 rings (SSSR count). The van der Waals surface area contributed by atoms with E-state index in [1.807, 2.05) is 23.6 Å². The molecule has 6 nitrogen and oxygen atoms in total. The minimum Gasteiger partial charge on any atom is -0.351 e. The van der Waals surface area contributed by atoms with Gasteiger partial charge in [0.1, 0.15) is 0 Å². The molecule has 0 aliphatic carbocycles. The number of carbonyl (C=O) groups is 2. The number of amides is 3. The summed E-state index contributed by atoms with van der Waals surface area (Å²) in [5, 5.41) is 5.95. The summed E-state index contributed by atoms with van der Waals surface area (Å²) in [5.74, 6) is -0.229. The van der Waals surface area contributed by atoms with Crippen LogP contribution in [0.4, 0.5) is 4.79 Å². The van der Waals surface area contributed by atoms with Crippen LogP contribution in [0.2, 0.25) is 0 Å². The third-order valence-corrected chi connectivity index (χ3v) is 5.24. The van der Waals surface area contributed by atoms with E-state index in [0.29, 0.717) is 19.6 Å². The Morgan fingerprint density at radius 1 is 1.32 bits per heavy atom. The van der Waals surface area contributed by atoms with E-state index in [0.717, 1.165) is 30.0 Å². The molecular weight excluding hydrogens is 336 g/mol. The number of urea groups is 1. The average Bonchev–Trinajstić information content (AvgIpc) is 3.08. The molecule has 0 radical (unpaired) electrons. The van der Waals surface area contributed by atoms with E-state index in [2.05, 4.69) is 22.4 Å². The molecule has 2 heterocycles. The van der Waals surface area contributed by atoms with Gasteiger partial charge in [-0.2, -0.15) is 0 Å². The second kappa shape index (κ2) is 8.11. The molecule has 2 aromatic rings. The summed E-state index contributed by atoms with van der Waals surface area (Å²) in [6.07, 6.45) is 2.39. The number of nitrogens with zero attached hydrogens (tertiary/aromatic N) is 2. The zero-order valence-electron chi connectivity index (χ0n) is 14.0. The maximum Gasteiger partial charge on any atom is 0.314 e. The average molecular weight is 358 g/mol. The highest BCUT2D eigenvalue weighted by Crippen LogP contribution is 2.17. The minimum atomic E-state index is -0.456. The number of likely N-dealkylation sites (tertiary alicyclic amines) is 1. The number of thiazole rings is 1. The van der Waals surface area contributed by atoms with Crippen molar-refractivity contribution in [2.45, 2.75) is 25.8 Å². The van der Waals surface area contributed by atoms with Gasteiger partial charge in [-0.15, -0.1) is 11.3 Å². The molecule has 1 aromatic heterocycles. The number of nitrogens with two attached hydrogens (primary N) is 1. The van der Waals surface area contributed by atoms with E-state index in [1.165, 1.54) is 10.5 Å². The van der Waals surface area contributed by atoms with Crippen molar-refractivity contribution in [3.8, 4) is 0 Å². The highest BCUT2D eigenvalue weighted by atomic mass is 32.1. The summed E-state index contributed by atoms with van der Waals surface area (Å²) < 4.78 is 0. The normalized spacial score (nSPS) is 17.3. The van der Waals surface area contributed by atoms with Crippen LogP contribution in [-0.4, -0.2) is 34.9 Å². The summed E-state index contributed by atoms with van der Waals surface area (Å²) in [4.78, 5) is 29.7. The number of carbonyl (C=O) groups excluding carboxylic acids is 2. The van der Waals surface area contributed by atoms with Gasteiger partial charge in [0.05, 0.1) is 23.2 Å². The molecule has 1 aliphatic heterocycles. The fourth-order valence-corrected chi connectivity index (χ4v) is 3.82. The van der Waals surface area contributed by atoms with Crippen molar-refractivity contribution in [2.24, 2.45) is 11.7 Å². The second-order valence-electron chi connectivity index (χ2n) is 6.24. The molecule has 1 saturated heterocycles. The Kier molecular flexibility index (Phi) is 5.65. The van der Waals surface area contributed by atoms with E-state index in [-0.39, 0.29) is 11.8 Å². The van der Waals surface area contributed by atoms with E-state index < -0.39 is 6.03 Å². The molecule has 25 heavy (non-hydrogen) atoms. The lowest BCUT2D eigenvalue weighted by molar-refractivity contribution is -0.126. The van der Waals surface area contributed by atoms with Crippen molar-refractivity contribution in [2.75, 3.05) is 13.1 Å². The highest BCUT2D eigenvalue weighted by molar-refractivity contribution is 7.09. The van der Waals surface area contributed by atoms with Gasteiger partial charge in [0, 0.05) is 24.9 Å².